The summed E-state index contributed by atoms with van der Waals surface area (Å²) in [7, 11) is 0. The lowest BCUT2D eigenvalue weighted by Gasteiger charge is -2.28. The van der Waals surface area contributed by atoms with Gasteiger partial charge in [0.15, 0.2) is 0 Å². The monoisotopic (exact) mass is 206 g/mol. The molecule has 0 aliphatic carbocycles. The van der Waals surface area contributed by atoms with E-state index in [2.05, 4.69) is 34.0 Å². The summed E-state index contributed by atoms with van der Waals surface area (Å²) >= 11 is 0. The van der Waals surface area contributed by atoms with Crippen molar-refractivity contribution in [2.75, 3.05) is 31.1 Å². The highest BCUT2D eigenvalue weighted by Gasteiger charge is 2.12. The maximum absolute atomic E-state index is 4.63. The Bertz CT molecular complexity index is 318. The minimum absolute atomic E-state index is 0.445. The van der Waals surface area contributed by atoms with Gasteiger partial charge in [0, 0.05) is 32.4 Å². The van der Waals surface area contributed by atoms with E-state index in [4.69, 9.17) is 0 Å². The molecule has 0 amide bonds. The largest absolute Gasteiger partial charge is 0.353 e. The van der Waals surface area contributed by atoms with Crippen LogP contribution in [0.5, 0.6) is 0 Å². The Kier molecular flexibility index (Phi) is 3.16. The van der Waals surface area contributed by atoms with Gasteiger partial charge in [-0.3, -0.25) is 4.98 Å². The van der Waals surface area contributed by atoms with Crippen LogP contribution in [0, 0.1) is 0 Å². The molecule has 0 aromatic carbocycles. The van der Waals surface area contributed by atoms with Crippen LogP contribution in [0.2, 0.25) is 0 Å². The average Bonchev–Trinajstić information content (AvgIpc) is 2.30. The van der Waals surface area contributed by atoms with E-state index in [0.717, 1.165) is 37.7 Å². The van der Waals surface area contributed by atoms with Crippen molar-refractivity contribution in [1.29, 1.82) is 0 Å². The van der Waals surface area contributed by atoms with Crippen LogP contribution in [0.25, 0.3) is 0 Å². The van der Waals surface area contributed by atoms with Crippen LogP contribution in [0.4, 0.5) is 5.82 Å². The van der Waals surface area contributed by atoms with Gasteiger partial charge in [0.2, 0.25) is 0 Å². The molecule has 1 aliphatic heterocycles. The molecule has 0 spiro atoms. The summed E-state index contributed by atoms with van der Waals surface area (Å²) < 4.78 is 0. The Hall–Kier alpha value is -1.16. The van der Waals surface area contributed by atoms with Crippen molar-refractivity contribution in [3.8, 4) is 0 Å². The first-order valence-electron chi connectivity index (χ1n) is 5.55. The molecule has 2 heterocycles. The van der Waals surface area contributed by atoms with Crippen molar-refractivity contribution < 1.29 is 0 Å². The molecule has 1 aromatic rings. The smallest absolute Gasteiger partial charge is 0.147 e. The van der Waals surface area contributed by atoms with Gasteiger partial charge in [-0.1, -0.05) is 13.8 Å². The van der Waals surface area contributed by atoms with Crippen LogP contribution in [-0.4, -0.2) is 36.1 Å². The van der Waals surface area contributed by atoms with Crippen molar-refractivity contribution in [1.82, 2.24) is 15.3 Å². The van der Waals surface area contributed by atoms with E-state index >= 15 is 0 Å². The third-order valence-electron chi connectivity index (χ3n) is 2.67. The molecule has 0 atom stereocenters. The quantitative estimate of drug-likeness (QED) is 0.784. The Balaban J connectivity index is 2.16. The second kappa shape index (κ2) is 4.57. The lowest BCUT2D eigenvalue weighted by atomic mass is 10.1. The Labute approximate surface area is 90.7 Å². The molecular formula is C11H18N4. The number of nitrogens with one attached hydrogen (secondary N) is 1. The average molecular weight is 206 g/mol. The molecule has 0 bridgehead atoms. The summed E-state index contributed by atoms with van der Waals surface area (Å²) in [6.45, 7) is 8.41. The van der Waals surface area contributed by atoms with Crippen LogP contribution in [0.15, 0.2) is 12.4 Å². The van der Waals surface area contributed by atoms with E-state index in [9.17, 15) is 0 Å². The molecule has 2 rings (SSSR count). The number of piperazine rings is 1. The molecular weight excluding hydrogens is 188 g/mol. The van der Waals surface area contributed by atoms with Gasteiger partial charge in [-0.25, -0.2) is 4.98 Å². The fourth-order valence-corrected chi connectivity index (χ4v) is 1.69. The summed E-state index contributed by atoms with van der Waals surface area (Å²) in [5.74, 6) is 1.46. The number of anilines is 1. The van der Waals surface area contributed by atoms with Gasteiger partial charge in [-0.2, -0.15) is 0 Å². The van der Waals surface area contributed by atoms with Crippen molar-refractivity contribution in [3.63, 3.8) is 0 Å². The van der Waals surface area contributed by atoms with Crippen LogP contribution >= 0.6 is 0 Å². The predicted octanol–water partition coefficient (Wildman–Crippen LogP) is 1.01. The highest BCUT2D eigenvalue weighted by molar-refractivity contribution is 5.37. The third-order valence-corrected chi connectivity index (χ3v) is 2.67. The predicted molar refractivity (Wildman–Crippen MR) is 61.2 cm³/mol. The van der Waals surface area contributed by atoms with Gasteiger partial charge in [-0.05, 0) is 5.92 Å². The molecule has 1 aliphatic rings. The summed E-state index contributed by atoms with van der Waals surface area (Å²) in [5.41, 5.74) is 1.08. The first-order valence-corrected chi connectivity index (χ1v) is 5.55. The minimum Gasteiger partial charge on any atom is -0.353 e. The Morgan fingerprint density at radius 3 is 2.67 bits per heavy atom. The van der Waals surface area contributed by atoms with E-state index < -0.39 is 0 Å². The van der Waals surface area contributed by atoms with Gasteiger partial charge in [0.1, 0.15) is 5.82 Å². The molecule has 1 fully saturated rings. The highest BCUT2D eigenvalue weighted by Crippen LogP contribution is 2.15. The van der Waals surface area contributed by atoms with Gasteiger partial charge in [0.05, 0.1) is 11.9 Å². The molecule has 15 heavy (non-hydrogen) atoms. The summed E-state index contributed by atoms with van der Waals surface area (Å²) in [6, 6.07) is 0. The molecule has 82 valence electrons. The molecule has 4 nitrogen and oxygen atoms in total. The van der Waals surface area contributed by atoms with Gasteiger partial charge >= 0.3 is 0 Å². The SMILES string of the molecule is CC(C)c1cncc(N2CCNCC2)n1. The van der Waals surface area contributed by atoms with Gasteiger partial charge in [0.25, 0.3) is 0 Å². The lowest BCUT2D eigenvalue weighted by Crippen LogP contribution is -2.44. The van der Waals surface area contributed by atoms with Crippen molar-refractivity contribution in [2.45, 2.75) is 19.8 Å². The molecule has 0 unspecified atom stereocenters. The third kappa shape index (κ3) is 2.45. The number of aromatic nitrogens is 2. The molecule has 0 saturated carbocycles. The fraction of sp³-hybridized carbons (Fsp3) is 0.636. The van der Waals surface area contributed by atoms with E-state index in [0.29, 0.717) is 5.92 Å². The summed E-state index contributed by atoms with van der Waals surface area (Å²) in [6.07, 6.45) is 3.72. The standard InChI is InChI=1S/C11H18N4/c1-9(2)10-7-13-8-11(14-10)15-5-3-12-4-6-15/h7-9,12H,3-6H2,1-2H3. The Morgan fingerprint density at radius 1 is 1.27 bits per heavy atom. The topological polar surface area (TPSA) is 41.1 Å². The van der Waals surface area contributed by atoms with Crippen molar-refractivity contribution >= 4 is 5.82 Å². The van der Waals surface area contributed by atoms with Crippen LogP contribution in [0.3, 0.4) is 0 Å². The summed E-state index contributed by atoms with van der Waals surface area (Å²) in [4.78, 5) is 11.2. The number of hydrogen-bond donors (Lipinski definition) is 1. The number of nitrogens with zero attached hydrogens (tertiary/aromatic N) is 3. The number of hydrogen-bond acceptors (Lipinski definition) is 4. The molecule has 0 radical (unpaired) electrons. The lowest BCUT2D eigenvalue weighted by molar-refractivity contribution is 0.582. The Morgan fingerprint density at radius 2 is 2.00 bits per heavy atom. The van der Waals surface area contributed by atoms with E-state index in [1.54, 1.807) is 0 Å². The molecule has 1 aromatic heterocycles. The first kappa shape index (κ1) is 10.4. The van der Waals surface area contributed by atoms with Crippen LogP contribution in [-0.2, 0) is 0 Å². The molecule has 1 saturated heterocycles. The van der Waals surface area contributed by atoms with Gasteiger partial charge in [-0.15, -0.1) is 0 Å². The first-order chi connectivity index (χ1) is 7.27. The van der Waals surface area contributed by atoms with E-state index in [1.807, 2.05) is 12.4 Å². The fourth-order valence-electron chi connectivity index (χ4n) is 1.69. The maximum Gasteiger partial charge on any atom is 0.147 e. The zero-order chi connectivity index (χ0) is 10.7. The normalized spacial score (nSPS) is 17.1. The van der Waals surface area contributed by atoms with Crippen LogP contribution < -0.4 is 10.2 Å². The second-order valence-corrected chi connectivity index (χ2v) is 4.19. The van der Waals surface area contributed by atoms with Crippen molar-refractivity contribution in [2.24, 2.45) is 0 Å². The minimum atomic E-state index is 0.445. The number of rotatable bonds is 2. The van der Waals surface area contributed by atoms with Crippen molar-refractivity contribution in [3.05, 3.63) is 18.1 Å². The zero-order valence-electron chi connectivity index (χ0n) is 9.40. The molecule has 1 N–H and O–H groups in total. The molecule has 4 heteroatoms. The second-order valence-electron chi connectivity index (χ2n) is 4.19. The van der Waals surface area contributed by atoms with Gasteiger partial charge < -0.3 is 10.2 Å². The van der Waals surface area contributed by atoms with Crippen LogP contribution in [0.1, 0.15) is 25.5 Å². The summed E-state index contributed by atoms with van der Waals surface area (Å²) in [5, 5.41) is 3.33. The maximum atomic E-state index is 4.63. The van der Waals surface area contributed by atoms with E-state index in [-0.39, 0.29) is 0 Å². The zero-order valence-corrected chi connectivity index (χ0v) is 9.40. The highest BCUT2D eigenvalue weighted by atomic mass is 15.2. The van der Waals surface area contributed by atoms with E-state index in [1.165, 1.54) is 0 Å².